The smallest absolute Gasteiger partial charge is 0.254 e. The van der Waals surface area contributed by atoms with Gasteiger partial charge < -0.3 is 4.90 Å². The predicted molar refractivity (Wildman–Crippen MR) is 125 cm³/mol. The average Bonchev–Trinajstić information content (AvgIpc) is 3.26. The van der Waals surface area contributed by atoms with E-state index in [1.54, 1.807) is 47.4 Å². The molecule has 0 bridgehead atoms. The Bertz CT molecular complexity index is 1260. The minimum Gasteiger partial charge on any atom is -0.336 e. The number of halogens is 1. The van der Waals surface area contributed by atoms with Gasteiger partial charge in [-0.15, -0.1) is 11.3 Å². The van der Waals surface area contributed by atoms with Gasteiger partial charge in [0.15, 0.2) is 5.78 Å². The molecule has 3 aromatic rings. The number of carbonyl (C=O) groups is 2. The Labute approximate surface area is 196 Å². The first-order chi connectivity index (χ1) is 15.3. The van der Waals surface area contributed by atoms with Gasteiger partial charge in [-0.05, 0) is 25.1 Å². The number of amides is 1. The van der Waals surface area contributed by atoms with Crippen LogP contribution in [0.5, 0.6) is 0 Å². The summed E-state index contributed by atoms with van der Waals surface area (Å²) in [4.78, 5) is 27.9. The molecule has 9 heteroatoms. The van der Waals surface area contributed by atoms with E-state index in [-0.39, 0.29) is 42.1 Å². The van der Waals surface area contributed by atoms with Crippen LogP contribution >= 0.6 is 22.9 Å². The Morgan fingerprint density at radius 2 is 1.50 bits per heavy atom. The number of thiophene rings is 1. The van der Waals surface area contributed by atoms with Crippen molar-refractivity contribution in [2.45, 2.75) is 11.1 Å². The highest BCUT2D eigenvalue weighted by atomic mass is 35.5. The van der Waals surface area contributed by atoms with Crippen LogP contribution in [0, 0.1) is 6.92 Å². The van der Waals surface area contributed by atoms with Gasteiger partial charge >= 0.3 is 0 Å². The van der Waals surface area contributed by atoms with Crippen molar-refractivity contribution in [2.24, 2.45) is 0 Å². The summed E-state index contributed by atoms with van der Waals surface area (Å²) >= 11 is 6.90. The first kappa shape index (κ1) is 22.7. The van der Waals surface area contributed by atoms with Crippen LogP contribution in [0.15, 0.2) is 64.9 Å². The lowest BCUT2D eigenvalue weighted by atomic mass is 9.97. The summed E-state index contributed by atoms with van der Waals surface area (Å²) in [6.07, 6.45) is 0. The summed E-state index contributed by atoms with van der Waals surface area (Å²) in [5.41, 5.74) is 2.22. The van der Waals surface area contributed by atoms with E-state index in [0.29, 0.717) is 21.0 Å². The lowest BCUT2D eigenvalue weighted by Crippen LogP contribution is -2.50. The summed E-state index contributed by atoms with van der Waals surface area (Å²) in [6, 6.07) is 17.0. The molecule has 1 aliphatic rings. The zero-order valence-corrected chi connectivity index (χ0v) is 19.7. The maximum atomic E-state index is 13.2. The molecule has 0 radical (unpaired) electrons. The Hall–Kier alpha value is -2.52. The first-order valence-corrected chi connectivity index (χ1v) is 12.7. The lowest BCUT2D eigenvalue weighted by Gasteiger charge is -2.34. The van der Waals surface area contributed by atoms with Gasteiger partial charge in [-0.1, -0.05) is 59.6 Å². The van der Waals surface area contributed by atoms with Gasteiger partial charge in [0.05, 0.1) is 9.90 Å². The number of hydrogen-bond donors (Lipinski definition) is 0. The van der Waals surface area contributed by atoms with Crippen molar-refractivity contribution in [3.63, 3.8) is 0 Å². The maximum absolute atomic E-state index is 13.2. The number of sulfonamides is 1. The van der Waals surface area contributed by atoms with E-state index in [1.807, 2.05) is 19.1 Å². The maximum Gasteiger partial charge on any atom is 0.254 e. The lowest BCUT2D eigenvalue weighted by molar-refractivity contribution is 0.0694. The van der Waals surface area contributed by atoms with Gasteiger partial charge in [-0.3, -0.25) is 9.59 Å². The van der Waals surface area contributed by atoms with E-state index < -0.39 is 10.0 Å². The van der Waals surface area contributed by atoms with Crippen LogP contribution in [0.1, 0.15) is 31.8 Å². The molecule has 1 aromatic heterocycles. The fraction of sp³-hybridized carbons (Fsp3) is 0.217. The SMILES string of the molecule is Cc1ccc(C(=O)c2ccccc2C(=O)N2CCN(S(=O)(=O)c3ccc(Cl)s3)CC2)cc1. The third-order valence-electron chi connectivity index (χ3n) is 5.38. The molecule has 1 fully saturated rings. The molecule has 0 unspecified atom stereocenters. The fourth-order valence-electron chi connectivity index (χ4n) is 3.59. The third kappa shape index (κ3) is 4.49. The molecular weight excluding hydrogens is 468 g/mol. The molecule has 1 amide bonds. The van der Waals surface area contributed by atoms with E-state index in [0.717, 1.165) is 16.9 Å². The molecular formula is C23H21ClN2O4S2. The molecule has 0 aliphatic carbocycles. The largest absolute Gasteiger partial charge is 0.336 e. The molecule has 2 aromatic carbocycles. The van der Waals surface area contributed by atoms with E-state index in [1.165, 1.54) is 10.4 Å². The van der Waals surface area contributed by atoms with Crippen molar-refractivity contribution in [1.82, 2.24) is 9.21 Å². The van der Waals surface area contributed by atoms with Gasteiger partial charge in [0.25, 0.3) is 15.9 Å². The Morgan fingerprint density at radius 1 is 0.875 bits per heavy atom. The number of benzene rings is 2. The van der Waals surface area contributed by atoms with Crippen LogP contribution in [0.25, 0.3) is 0 Å². The number of piperazine rings is 1. The average molecular weight is 489 g/mol. The normalized spacial score (nSPS) is 15.0. The van der Waals surface area contributed by atoms with Crippen LogP contribution in [-0.4, -0.2) is 55.5 Å². The first-order valence-electron chi connectivity index (χ1n) is 10.0. The molecule has 4 rings (SSSR count). The Kier molecular flexibility index (Phi) is 6.48. The third-order valence-corrected chi connectivity index (χ3v) is 8.98. The van der Waals surface area contributed by atoms with Crippen molar-refractivity contribution < 1.29 is 18.0 Å². The molecule has 0 atom stereocenters. The number of rotatable bonds is 5. The molecule has 0 N–H and O–H groups in total. The van der Waals surface area contributed by atoms with Crippen LogP contribution in [-0.2, 0) is 10.0 Å². The highest BCUT2D eigenvalue weighted by molar-refractivity contribution is 7.91. The number of aryl methyl sites for hydroxylation is 1. The highest BCUT2D eigenvalue weighted by Crippen LogP contribution is 2.29. The second kappa shape index (κ2) is 9.15. The minimum absolute atomic E-state index is 0.178. The van der Waals surface area contributed by atoms with E-state index in [4.69, 9.17) is 11.6 Å². The van der Waals surface area contributed by atoms with Crippen LogP contribution in [0.4, 0.5) is 0 Å². The number of hydrogen-bond acceptors (Lipinski definition) is 5. The molecule has 0 spiro atoms. The van der Waals surface area contributed by atoms with Crippen molar-refractivity contribution >= 4 is 44.7 Å². The van der Waals surface area contributed by atoms with E-state index in [9.17, 15) is 18.0 Å². The van der Waals surface area contributed by atoms with Crippen molar-refractivity contribution in [3.8, 4) is 0 Å². The van der Waals surface area contributed by atoms with Gasteiger partial charge in [0.1, 0.15) is 4.21 Å². The quantitative estimate of drug-likeness (QED) is 0.507. The summed E-state index contributed by atoms with van der Waals surface area (Å²) < 4.78 is 27.6. The number of nitrogens with zero attached hydrogens (tertiary/aromatic N) is 2. The highest BCUT2D eigenvalue weighted by Gasteiger charge is 2.32. The minimum atomic E-state index is -3.64. The standard InChI is InChI=1S/C23H21ClN2O4S2/c1-16-6-8-17(9-7-16)22(27)18-4-2-3-5-19(18)23(28)25-12-14-26(15-13-25)32(29,30)21-11-10-20(24)31-21/h2-11H,12-15H2,1H3. The number of ketones is 1. The fourth-order valence-corrected chi connectivity index (χ4v) is 6.65. The summed E-state index contributed by atoms with van der Waals surface area (Å²) in [5.74, 6) is -0.498. The summed E-state index contributed by atoms with van der Waals surface area (Å²) in [7, 11) is -3.64. The Balaban J connectivity index is 1.51. The van der Waals surface area contributed by atoms with Crippen molar-refractivity contribution in [2.75, 3.05) is 26.2 Å². The molecule has 2 heterocycles. The zero-order valence-electron chi connectivity index (χ0n) is 17.3. The van der Waals surface area contributed by atoms with Crippen LogP contribution < -0.4 is 0 Å². The Morgan fingerprint density at radius 3 is 2.09 bits per heavy atom. The van der Waals surface area contributed by atoms with Crippen molar-refractivity contribution in [1.29, 1.82) is 0 Å². The monoisotopic (exact) mass is 488 g/mol. The molecule has 1 saturated heterocycles. The van der Waals surface area contributed by atoms with Crippen LogP contribution in [0.3, 0.4) is 0 Å². The molecule has 32 heavy (non-hydrogen) atoms. The van der Waals surface area contributed by atoms with Gasteiger partial charge in [-0.25, -0.2) is 8.42 Å². The van der Waals surface area contributed by atoms with E-state index in [2.05, 4.69) is 0 Å². The van der Waals surface area contributed by atoms with Crippen molar-refractivity contribution in [3.05, 3.63) is 87.3 Å². The molecule has 166 valence electrons. The predicted octanol–water partition coefficient (Wildman–Crippen LogP) is 4.09. The van der Waals surface area contributed by atoms with Crippen LogP contribution in [0.2, 0.25) is 4.34 Å². The second-order valence-corrected chi connectivity index (χ2v) is 11.4. The second-order valence-electron chi connectivity index (χ2n) is 7.50. The number of carbonyl (C=O) groups excluding carboxylic acids is 2. The topological polar surface area (TPSA) is 74.8 Å². The summed E-state index contributed by atoms with van der Waals surface area (Å²) in [6.45, 7) is 2.78. The van der Waals surface area contributed by atoms with E-state index >= 15 is 0 Å². The van der Waals surface area contributed by atoms with Gasteiger partial charge in [0, 0.05) is 37.3 Å². The molecule has 6 nitrogen and oxygen atoms in total. The summed E-state index contributed by atoms with van der Waals surface area (Å²) in [5, 5.41) is 0. The van der Waals surface area contributed by atoms with Gasteiger partial charge in [0.2, 0.25) is 0 Å². The zero-order chi connectivity index (χ0) is 22.9. The molecule has 0 saturated carbocycles. The molecule has 1 aliphatic heterocycles. The van der Waals surface area contributed by atoms with Gasteiger partial charge in [-0.2, -0.15) is 4.31 Å².